The van der Waals surface area contributed by atoms with Crippen molar-refractivity contribution in [2.45, 2.75) is 32.2 Å². The number of hydrogen-bond donors (Lipinski definition) is 2. The van der Waals surface area contributed by atoms with E-state index in [9.17, 15) is 9.59 Å². The third-order valence-electron chi connectivity index (χ3n) is 2.48. The molecule has 2 amide bonds. The van der Waals surface area contributed by atoms with E-state index in [1.54, 1.807) is 0 Å². The first kappa shape index (κ1) is 13.2. The van der Waals surface area contributed by atoms with Crippen LogP contribution in [0, 0.1) is 0 Å². The third kappa shape index (κ3) is 3.59. The summed E-state index contributed by atoms with van der Waals surface area (Å²) in [5.41, 5.74) is 0. The lowest BCUT2D eigenvalue weighted by molar-refractivity contribution is -0.140. The highest BCUT2D eigenvalue weighted by atomic mass is 32.2. The summed E-state index contributed by atoms with van der Waals surface area (Å²) in [5, 5.41) is 11.7. The Morgan fingerprint density at radius 3 is 2.88 bits per heavy atom. The molecule has 0 aromatic carbocycles. The fourth-order valence-corrected chi connectivity index (χ4v) is 2.66. The van der Waals surface area contributed by atoms with Crippen molar-refractivity contribution in [3.05, 3.63) is 0 Å². The Balaban J connectivity index is 2.32. The molecule has 1 atom stereocenters. The molecule has 2 N–H and O–H groups in total. The van der Waals surface area contributed by atoms with Gasteiger partial charge in [0.1, 0.15) is 6.04 Å². The van der Waals surface area contributed by atoms with Crippen LogP contribution >= 0.6 is 11.8 Å². The molecule has 0 bridgehead atoms. The molecular formula is C10H18N2O3S. The quantitative estimate of drug-likeness (QED) is 0.718. The molecule has 1 heterocycles. The summed E-state index contributed by atoms with van der Waals surface area (Å²) in [6.07, 6.45) is 3.13. The van der Waals surface area contributed by atoms with Gasteiger partial charge in [-0.3, -0.25) is 0 Å². The second-order valence-electron chi connectivity index (χ2n) is 3.76. The number of carbonyl (C=O) groups is 2. The molecule has 0 saturated carbocycles. The number of hydrogen-bond acceptors (Lipinski definition) is 3. The molecule has 0 aliphatic carbocycles. The summed E-state index contributed by atoms with van der Waals surface area (Å²) in [4.78, 5) is 23.9. The van der Waals surface area contributed by atoms with Crippen LogP contribution < -0.4 is 5.32 Å². The zero-order valence-corrected chi connectivity index (χ0v) is 10.3. The minimum absolute atomic E-state index is 0.256. The Labute approximate surface area is 99.6 Å². The monoisotopic (exact) mass is 246 g/mol. The number of carboxylic acid groups (broad SMARTS) is 1. The number of carboxylic acids is 1. The van der Waals surface area contributed by atoms with E-state index in [1.165, 1.54) is 16.7 Å². The number of rotatable bonds is 5. The summed E-state index contributed by atoms with van der Waals surface area (Å²) in [6, 6.07) is -0.926. The zero-order valence-electron chi connectivity index (χ0n) is 9.44. The highest BCUT2D eigenvalue weighted by Crippen LogP contribution is 2.20. The van der Waals surface area contributed by atoms with Crippen molar-refractivity contribution in [3.8, 4) is 0 Å². The van der Waals surface area contributed by atoms with Crippen molar-refractivity contribution in [2.24, 2.45) is 0 Å². The van der Waals surface area contributed by atoms with Gasteiger partial charge in [0.05, 0.1) is 5.88 Å². The lowest BCUT2D eigenvalue weighted by atomic mass is 10.2. The molecule has 5 nitrogen and oxygen atoms in total. The normalized spacial score (nSPS) is 19.8. The van der Waals surface area contributed by atoms with E-state index in [0.717, 1.165) is 19.3 Å². The largest absolute Gasteiger partial charge is 0.480 e. The van der Waals surface area contributed by atoms with E-state index in [1.807, 2.05) is 0 Å². The Bertz CT molecular complexity index is 260. The molecule has 1 rings (SSSR count). The predicted molar refractivity (Wildman–Crippen MR) is 63.5 cm³/mol. The van der Waals surface area contributed by atoms with Crippen LogP contribution in [0.5, 0.6) is 0 Å². The van der Waals surface area contributed by atoms with Gasteiger partial charge >= 0.3 is 12.0 Å². The molecule has 1 aliphatic rings. The lowest BCUT2D eigenvalue weighted by Crippen LogP contribution is -2.47. The molecule has 0 radical (unpaired) electrons. The molecule has 0 aromatic heterocycles. The minimum atomic E-state index is -0.922. The van der Waals surface area contributed by atoms with E-state index < -0.39 is 12.0 Å². The van der Waals surface area contributed by atoms with Crippen molar-refractivity contribution >= 4 is 23.8 Å². The smallest absolute Gasteiger partial charge is 0.327 e. The number of nitrogens with zero attached hydrogens (tertiary/aromatic N) is 1. The maximum atomic E-state index is 11.7. The highest BCUT2D eigenvalue weighted by molar-refractivity contribution is 7.99. The summed E-state index contributed by atoms with van der Waals surface area (Å²) < 4.78 is 0. The Morgan fingerprint density at radius 2 is 2.25 bits per heavy atom. The molecule has 92 valence electrons. The van der Waals surface area contributed by atoms with E-state index in [0.29, 0.717) is 18.2 Å². The maximum Gasteiger partial charge on any atom is 0.327 e. The standard InChI is InChI=1S/C10H18N2O3S/c1-2-3-4-5-11-10(15)12-7-16-6-8(12)9(13)14/h8H,2-7H2,1H3,(H,11,15)(H,13,14)/t8-/m0/s1. The molecule has 6 heteroatoms. The topological polar surface area (TPSA) is 69.6 Å². The molecule has 1 fully saturated rings. The van der Waals surface area contributed by atoms with Crippen LogP contribution in [0.1, 0.15) is 26.2 Å². The number of nitrogens with one attached hydrogen (secondary N) is 1. The molecule has 16 heavy (non-hydrogen) atoms. The van der Waals surface area contributed by atoms with Crippen LogP contribution in [0.4, 0.5) is 4.79 Å². The van der Waals surface area contributed by atoms with Gasteiger partial charge in [-0.25, -0.2) is 9.59 Å². The predicted octanol–water partition coefficient (Wildman–Crippen LogP) is 1.35. The first-order chi connectivity index (χ1) is 7.66. The number of aliphatic carboxylic acids is 1. The number of carbonyl (C=O) groups excluding carboxylic acids is 1. The first-order valence-corrected chi connectivity index (χ1v) is 6.67. The van der Waals surface area contributed by atoms with Crippen molar-refractivity contribution in [3.63, 3.8) is 0 Å². The van der Waals surface area contributed by atoms with Crippen molar-refractivity contribution in [1.82, 2.24) is 10.2 Å². The van der Waals surface area contributed by atoms with Gasteiger partial charge in [0.25, 0.3) is 0 Å². The SMILES string of the molecule is CCCCCNC(=O)N1CSC[C@H]1C(=O)O. The fraction of sp³-hybridized carbons (Fsp3) is 0.800. The minimum Gasteiger partial charge on any atom is -0.480 e. The molecule has 0 unspecified atom stereocenters. The van der Waals surface area contributed by atoms with Gasteiger partial charge in [0.15, 0.2) is 0 Å². The van der Waals surface area contributed by atoms with Crippen LogP contribution in [-0.4, -0.2) is 46.2 Å². The van der Waals surface area contributed by atoms with Crippen LogP contribution in [-0.2, 0) is 4.79 Å². The number of thioether (sulfide) groups is 1. The fourth-order valence-electron chi connectivity index (χ4n) is 1.52. The van der Waals surface area contributed by atoms with Crippen LogP contribution in [0.15, 0.2) is 0 Å². The van der Waals surface area contributed by atoms with Crippen LogP contribution in [0.25, 0.3) is 0 Å². The second kappa shape index (κ2) is 6.62. The van der Waals surface area contributed by atoms with E-state index in [4.69, 9.17) is 5.11 Å². The molecular weight excluding hydrogens is 228 g/mol. The van der Waals surface area contributed by atoms with Gasteiger partial charge < -0.3 is 15.3 Å². The van der Waals surface area contributed by atoms with E-state index >= 15 is 0 Å². The highest BCUT2D eigenvalue weighted by Gasteiger charge is 2.34. The summed E-state index contributed by atoms with van der Waals surface area (Å²) in [6.45, 7) is 2.72. The molecule has 0 spiro atoms. The average Bonchev–Trinajstić information content (AvgIpc) is 2.73. The number of urea groups is 1. The maximum absolute atomic E-state index is 11.7. The Morgan fingerprint density at radius 1 is 1.50 bits per heavy atom. The summed E-state index contributed by atoms with van der Waals surface area (Å²) in [5.74, 6) is 0.0302. The van der Waals surface area contributed by atoms with Crippen LogP contribution in [0.3, 0.4) is 0 Å². The van der Waals surface area contributed by atoms with Gasteiger partial charge in [0.2, 0.25) is 0 Å². The summed E-state index contributed by atoms with van der Waals surface area (Å²) >= 11 is 1.47. The van der Waals surface area contributed by atoms with E-state index in [-0.39, 0.29) is 6.03 Å². The molecule has 1 aliphatic heterocycles. The average molecular weight is 246 g/mol. The van der Waals surface area contributed by atoms with Gasteiger partial charge in [-0.15, -0.1) is 11.8 Å². The third-order valence-corrected chi connectivity index (χ3v) is 3.50. The van der Waals surface area contributed by atoms with Gasteiger partial charge in [-0.1, -0.05) is 19.8 Å². The van der Waals surface area contributed by atoms with Gasteiger partial charge in [0, 0.05) is 12.3 Å². The Kier molecular flexibility index (Phi) is 5.45. The molecule has 0 aromatic rings. The number of unbranched alkanes of at least 4 members (excludes halogenated alkanes) is 2. The van der Waals surface area contributed by atoms with Gasteiger partial charge in [-0.05, 0) is 6.42 Å². The first-order valence-electron chi connectivity index (χ1n) is 5.51. The zero-order chi connectivity index (χ0) is 12.0. The Hall–Kier alpha value is -0.910. The van der Waals surface area contributed by atoms with Crippen molar-refractivity contribution in [1.29, 1.82) is 0 Å². The number of amides is 2. The van der Waals surface area contributed by atoms with Gasteiger partial charge in [-0.2, -0.15) is 0 Å². The summed E-state index contributed by atoms with van der Waals surface area (Å²) in [7, 11) is 0. The van der Waals surface area contributed by atoms with Crippen LogP contribution in [0.2, 0.25) is 0 Å². The lowest BCUT2D eigenvalue weighted by Gasteiger charge is -2.20. The van der Waals surface area contributed by atoms with E-state index in [2.05, 4.69) is 12.2 Å². The molecule has 1 saturated heterocycles. The second-order valence-corrected chi connectivity index (χ2v) is 4.76. The van der Waals surface area contributed by atoms with Crippen molar-refractivity contribution < 1.29 is 14.7 Å². The van der Waals surface area contributed by atoms with Crippen molar-refractivity contribution in [2.75, 3.05) is 18.2 Å².